The maximum atomic E-state index is 2.62. The van der Waals surface area contributed by atoms with Crippen LogP contribution in [0.15, 0.2) is 12.2 Å². The second-order valence-electron chi connectivity index (χ2n) is 13.4. The Morgan fingerprint density at radius 3 is 2.18 bits per heavy atom. The third-order valence-electron chi connectivity index (χ3n) is 9.11. The van der Waals surface area contributed by atoms with Crippen LogP contribution in [-0.4, -0.2) is 0 Å². The van der Waals surface area contributed by atoms with Gasteiger partial charge in [0.2, 0.25) is 0 Å². The molecule has 0 aromatic heterocycles. The molecule has 8 unspecified atom stereocenters. The van der Waals surface area contributed by atoms with Crippen molar-refractivity contribution in [1.29, 1.82) is 0 Å². The first kappa shape index (κ1) is 22.4. The third-order valence-corrected chi connectivity index (χ3v) is 9.11. The number of allylic oxidation sites excluding steroid dienone is 2. The highest BCUT2D eigenvalue weighted by Gasteiger charge is 2.56. The van der Waals surface area contributed by atoms with Gasteiger partial charge in [-0.15, -0.1) is 0 Å². The summed E-state index contributed by atoms with van der Waals surface area (Å²) in [6.07, 6.45) is 16.9. The van der Waals surface area contributed by atoms with Crippen molar-refractivity contribution in [2.75, 3.05) is 0 Å². The van der Waals surface area contributed by atoms with Crippen molar-refractivity contribution in [2.45, 2.75) is 107 Å². The van der Waals surface area contributed by atoms with Crippen LogP contribution in [0.4, 0.5) is 0 Å². The smallest absolute Gasteiger partial charge is 0.0168 e. The maximum Gasteiger partial charge on any atom is -0.0168 e. The van der Waals surface area contributed by atoms with E-state index < -0.39 is 0 Å². The zero-order valence-corrected chi connectivity index (χ0v) is 20.4. The molecule has 3 aliphatic rings. The first-order chi connectivity index (χ1) is 13.0. The monoisotopic (exact) mass is 386 g/mol. The van der Waals surface area contributed by atoms with E-state index in [1.54, 1.807) is 6.42 Å². The maximum absolute atomic E-state index is 2.62. The largest absolute Gasteiger partial charge is 0.0879 e. The minimum Gasteiger partial charge on any atom is -0.0879 e. The standard InChI is InChI=1S/C28H50/c1-19(18-27(3,4)5)15-16-24-23(12-9-11-20(2)28(6,7)8)25-17-26(24)22-14-10-13-21(22)25/h10,14,19-26H,9,11-13,15-18H2,1-8H3. The first-order valence-electron chi connectivity index (χ1n) is 12.6. The zero-order chi connectivity index (χ0) is 20.7. The predicted molar refractivity (Wildman–Crippen MR) is 124 cm³/mol. The average molecular weight is 387 g/mol. The summed E-state index contributed by atoms with van der Waals surface area (Å²) in [5.74, 6) is 7.86. The van der Waals surface area contributed by atoms with E-state index in [0.29, 0.717) is 10.8 Å². The summed E-state index contributed by atoms with van der Waals surface area (Å²) in [4.78, 5) is 0. The molecule has 8 atom stereocenters. The van der Waals surface area contributed by atoms with Crippen LogP contribution in [0.5, 0.6) is 0 Å². The van der Waals surface area contributed by atoms with Gasteiger partial charge in [-0.25, -0.2) is 0 Å². The first-order valence-corrected chi connectivity index (χ1v) is 12.6. The molecule has 0 heteroatoms. The molecule has 2 fully saturated rings. The van der Waals surface area contributed by atoms with Gasteiger partial charge in [-0.3, -0.25) is 0 Å². The lowest BCUT2D eigenvalue weighted by atomic mass is 9.65. The van der Waals surface area contributed by atoms with Crippen molar-refractivity contribution >= 4 is 0 Å². The van der Waals surface area contributed by atoms with Crippen molar-refractivity contribution in [2.24, 2.45) is 58.2 Å². The summed E-state index contributed by atoms with van der Waals surface area (Å²) in [6, 6.07) is 0. The summed E-state index contributed by atoms with van der Waals surface area (Å²) >= 11 is 0. The number of hydrogen-bond donors (Lipinski definition) is 0. The molecule has 3 aliphatic carbocycles. The Morgan fingerprint density at radius 2 is 1.54 bits per heavy atom. The molecule has 0 saturated heterocycles. The molecule has 0 aromatic rings. The molecule has 2 bridgehead atoms. The van der Waals surface area contributed by atoms with Crippen LogP contribution in [0.1, 0.15) is 107 Å². The zero-order valence-electron chi connectivity index (χ0n) is 20.4. The van der Waals surface area contributed by atoms with E-state index in [1.165, 1.54) is 44.9 Å². The molecular formula is C28H50. The van der Waals surface area contributed by atoms with Gasteiger partial charge in [0.05, 0.1) is 0 Å². The normalized spacial score (nSPS) is 36.7. The summed E-state index contributed by atoms with van der Waals surface area (Å²) < 4.78 is 0. The van der Waals surface area contributed by atoms with Crippen molar-refractivity contribution in [1.82, 2.24) is 0 Å². The van der Waals surface area contributed by atoms with Gasteiger partial charge < -0.3 is 0 Å². The summed E-state index contributed by atoms with van der Waals surface area (Å²) in [7, 11) is 0. The fourth-order valence-corrected chi connectivity index (χ4v) is 7.42. The quantitative estimate of drug-likeness (QED) is 0.366. The highest BCUT2D eigenvalue weighted by Crippen LogP contribution is 2.63. The van der Waals surface area contributed by atoms with E-state index in [4.69, 9.17) is 0 Å². The van der Waals surface area contributed by atoms with Crippen LogP contribution in [0, 0.1) is 58.2 Å². The Bertz CT molecular complexity index is 527. The van der Waals surface area contributed by atoms with Gasteiger partial charge in [0, 0.05) is 0 Å². The van der Waals surface area contributed by atoms with E-state index in [-0.39, 0.29) is 0 Å². The molecule has 2 saturated carbocycles. The lowest BCUT2D eigenvalue weighted by molar-refractivity contribution is 0.103. The summed E-state index contributed by atoms with van der Waals surface area (Å²) in [6.45, 7) is 19.5. The van der Waals surface area contributed by atoms with Crippen molar-refractivity contribution in [3.05, 3.63) is 12.2 Å². The Balaban J connectivity index is 1.58. The van der Waals surface area contributed by atoms with Crippen LogP contribution in [0.25, 0.3) is 0 Å². The van der Waals surface area contributed by atoms with E-state index in [2.05, 4.69) is 67.5 Å². The Labute approximate surface area is 177 Å². The van der Waals surface area contributed by atoms with Crippen LogP contribution in [-0.2, 0) is 0 Å². The van der Waals surface area contributed by atoms with Crippen LogP contribution in [0.2, 0.25) is 0 Å². The number of fused-ring (bicyclic) bond motifs is 5. The molecule has 0 aliphatic heterocycles. The number of rotatable bonds is 8. The second kappa shape index (κ2) is 8.47. The highest BCUT2D eigenvalue weighted by molar-refractivity contribution is 5.16. The molecule has 0 amide bonds. The van der Waals surface area contributed by atoms with Crippen molar-refractivity contribution in [3.8, 4) is 0 Å². The van der Waals surface area contributed by atoms with Gasteiger partial charge in [-0.1, -0.05) is 86.8 Å². The highest BCUT2D eigenvalue weighted by atomic mass is 14.6. The fraction of sp³-hybridized carbons (Fsp3) is 0.929. The molecule has 0 aromatic carbocycles. The van der Waals surface area contributed by atoms with Crippen molar-refractivity contribution in [3.63, 3.8) is 0 Å². The SMILES string of the molecule is CC(CCC1C2CC(C3CC=CC23)C1CCCC(C)C(C)(C)C)CC(C)(C)C. The molecule has 162 valence electrons. The van der Waals surface area contributed by atoms with E-state index >= 15 is 0 Å². The van der Waals surface area contributed by atoms with E-state index in [1.807, 2.05) is 0 Å². The molecule has 0 N–H and O–H groups in total. The topological polar surface area (TPSA) is 0 Å². The molecule has 28 heavy (non-hydrogen) atoms. The van der Waals surface area contributed by atoms with Gasteiger partial charge in [-0.05, 0) is 90.3 Å². The lowest BCUT2D eigenvalue weighted by Gasteiger charge is -2.39. The predicted octanol–water partition coefficient (Wildman–Crippen LogP) is 8.77. The minimum absolute atomic E-state index is 0.469. The Kier molecular flexibility index (Phi) is 6.78. The number of hydrogen-bond acceptors (Lipinski definition) is 0. The van der Waals surface area contributed by atoms with E-state index in [9.17, 15) is 0 Å². The molecule has 0 radical (unpaired) electrons. The molecular weight excluding hydrogens is 336 g/mol. The molecule has 3 rings (SSSR count). The lowest BCUT2D eigenvalue weighted by Crippen LogP contribution is -2.33. The Morgan fingerprint density at radius 1 is 0.857 bits per heavy atom. The van der Waals surface area contributed by atoms with Crippen LogP contribution in [0.3, 0.4) is 0 Å². The van der Waals surface area contributed by atoms with E-state index in [0.717, 1.165) is 47.3 Å². The van der Waals surface area contributed by atoms with Gasteiger partial charge in [0.25, 0.3) is 0 Å². The molecule has 0 nitrogen and oxygen atoms in total. The van der Waals surface area contributed by atoms with Gasteiger partial charge in [0.15, 0.2) is 0 Å². The van der Waals surface area contributed by atoms with Crippen LogP contribution < -0.4 is 0 Å². The minimum atomic E-state index is 0.469. The summed E-state index contributed by atoms with van der Waals surface area (Å²) in [5, 5.41) is 0. The molecule has 0 heterocycles. The van der Waals surface area contributed by atoms with Crippen LogP contribution >= 0.6 is 0 Å². The van der Waals surface area contributed by atoms with Gasteiger partial charge in [-0.2, -0.15) is 0 Å². The molecule has 0 spiro atoms. The van der Waals surface area contributed by atoms with Crippen molar-refractivity contribution < 1.29 is 0 Å². The third kappa shape index (κ3) is 5.07. The van der Waals surface area contributed by atoms with Gasteiger partial charge in [0.1, 0.15) is 0 Å². The van der Waals surface area contributed by atoms with Gasteiger partial charge >= 0.3 is 0 Å². The second-order valence-corrected chi connectivity index (χ2v) is 13.4. The fourth-order valence-electron chi connectivity index (χ4n) is 7.42. The average Bonchev–Trinajstić information content (AvgIpc) is 3.22. The Hall–Kier alpha value is -0.260. The summed E-state index contributed by atoms with van der Waals surface area (Å²) in [5.41, 5.74) is 0.951.